The molecular formula is C15H13NO3. The van der Waals surface area contributed by atoms with Gasteiger partial charge in [0.25, 0.3) is 5.69 Å². The summed E-state index contributed by atoms with van der Waals surface area (Å²) in [6, 6.07) is 11.8. The van der Waals surface area contributed by atoms with Crippen LogP contribution in [-0.2, 0) is 0 Å². The second-order valence-electron chi connectivity index (χ2n) is 4.35. The van der Waals surface area contributed by atoms with E-state index in [4.69, 9.17) is 0 Å². The van der Waals surface area contributed by atoms with Gasteiger partial charge in [0.05, 0.1) is 4.92 Å². The molecule has 0 saturated heterocycles. The summed E-state index contributed by atoms with van der Waals surface area (Å²) in [5.41, 5.74) is 2.09. The molecule has 2 aromatic carbocycles. The summed E-state index contributed by atoms with van der Waals surface area (Å²) in [6.45, 7) is 3.40. The van der Waals surface area contributed by atoms with Gasteiger partial charge in [-0.2, -0.15) is 0 Å². The monoisotopic (exact) mass is 255 g/mol. The van der Waals surface area contributed by atoms with Crippen LogP contribution in [0.2, 0.25) is 0 Å². The molecule has 0 heterocycles. The van der Waals surface area contributed by atoms with Gasteiger partial charge in [-0.15, -0.1) is 0 Å². The van der Waals surface area contributed by atoms with Crippen molar-refractivity contribution in [2.45, 2.75) is 13.8 Å². The summed E-state index contributed by atoms with van der Waals surface area (Å²) in [6.07, 6.45) is 0. The predicted octanol–water partition coefficient (Wildman–Crippen LogP) is 3.44. The van der Waals surface area contributed by atoms with Crippen molar-refractivity contribution in [1.82, 2.24) is 0 Å². The van der Waals surface area contributed by atoms with Gasteiger partial charge in [-0.05, 0) is 19.4 Å². The number of hydrogen-bond acceptors (Lipinski definition) is 3. The molecule has 19 heavy (non-hydrogen) atoms. The number of benzene rings is 2. The van der Waals surface area contributed by atoms with Gasteiger partial charge in [0, 0.05) is 22.8 Å². The Morgan fingerprint density at radius 1 is 1.05 bits per heavy atom. The van der Waals surface area contributed by atoms with E-state index in [-0.39, 0.29) is 11.5 Å². The molecule has 0 atom stereocenters. The summed E-state index contributed by atoms with van der Waals surface area (Å²) >= 11 is 0. The maximum atomic E-state index is 12.4. The Bertz CT molecular complexity index is 648. The lowest BCUT2D eigenvalue weighted by Crippen LogP contribution is -2.08. The molecule has 4 heteroatoms. The van der Waals surface area contributed by atoms with Crippen LogP contribution in [0.5, 0.6) is 0 Å². The Morgan fingerprint density at radius 3 is 2.26 bits per heavy atom. The van der Waals surface area contributed by atoms with E-state index in [1.165, 1.54) is 6.07 Å². The van der Waals surface area contributed by atoms with E-state index in [0.717, 1.165) is 5.56 Å². The highest BCUT2D eigenvalue weighted by Crippen LogP contribution is 2.26. The summed E-state index contributed by atoms with van der Waals surface area (Å²) in [5, 5.41) is 10.9. The first kappa shape index (κ1) is 13.0. The number of ketones is 1. The zero-order valence-corrected chi connectivity index (χ0v) is 10.7. The van der Waals surface area contributed by atoms with Crippen molar-refractivity contribution in [2.75, 3.05) is 0 Å². The van der Waals surface area contributed by atoms with Gasteiger partial charge in [-0.3, -0.25) is 14.9 Å². The maximum absolute atomic E-state index is 12.4. The average molecular weight is 255 g/mol. The summed E-state index contributed by atoms with van der Waals surface area (Å²) in [5.74, 6) is -0.181. The van der Waals surface area contributed by atoms with E-state index in [2.05, 4.69) is 0 Å². The van der Waals surface area contributed by atoms with Crippen molar-refractivity contribution in [3.63, 3.8) is 0 Å². The van der Waals surface area contributed by atoms with E-state index < -0.39 is 4.92 Å². The van der Waals surface area contributed by atoms with Gasteiger partial charge in [-0.1, -0.05) is 36.4 Å². The topological polar surface area (TPSA) is 60.2 Å². The zero-order chi connectivity index (χ0) is 14.0. The number of carbonyl (C=O) groups is 1. The summed E-state index contributed by atoms with van der Waals surface area (Å²) < 4.78 is 0. The number of nitrogens with zero attached hydrogens (tertiary/aromatic N) is 1. The smallest absolute Gasteiger partial charge is 0.273 e. The van der Waals surface area contributed by atoms with Crippen molar-refractivity contribution in [3.8, 4) is 0 Å². The maximum Gasteiger partial charge on any atom is 0.273 e. The fraction of sp³-hybridized carbons (Fsp3) is 0.133. The summed E-state index contributed by atoms with van der Waals surface area (Å²) in [4.78, 5) is 22.9. The first-order valence-electron chi connectivity index (χ1n) is 5.86. The molecule has 2 rings (SSSR count). The molecule has 96 valence electrons. The zero-order valence-electron chi connectivity index (χ0n) is 10.7. The molecule has 0 aliphatic heterocycles. The van der Waals surface area contributed by atoms with Crippen LogP contribution in [0.25, 0.3) is 0 Å². The molecule has 0 N–H and O–H groups in total. The Kier molecular flexibility index (Phi) is 3.42. The molecule has 0 aliphatic carbocycles. The van der Waals surface area contributed by atoms with Crippen LogP contribution in [0.15, 0.2) is 42.5 Å². The third-order valence-corrected chi connectivity index (χ3v) is 3.10. The second kappa shape index (κ2) is 5.02. The van der Waals surface area contributed by atoms with Crippen LogP contribution in [0.3, 0.4) is 0 Å². The molecule has 0 radical (unpaired) electrons. The van der Waals surface area contributed by atoms with Crippen LogP contribution in [0.4, 0.5) is 5.69 Å². The van der Waals surface area contributed by atoms with E-state index in [9.17, 15) is 14.9 Å². The van der Waals surface area contributed by atoms with Crippen LogP contribution in [0.1, 0.15) is 27.0 Å². The van der Waals surface area contributed by atoms with Gasteiger partial charge in [0.2, 0.25) is 0 Å². The average Bonchev–Trinajstić information content (AvgIpc) is 2.39. The highest BCUT2D eigenvalue weighted by Gasteiger charge is 2.21. The number of hydrogen-bond donors (Lipinski definition) is 0. The molecule has 0 aromatic heterocycles. The van der Waals surface area contributed by atoms with Gasteiger partial charge in [-0.25, -0.2) is 0 Å². The number of carbonyl (C=O) groups excluding carboxylic acids is 1. The molecule has 0 bridgehead atoms. The predicted molar refractivity (Wildman–Crippen MR) is 72.4 cm³/mol. The molecule has 2 aromatic rings. The van der Waals surface area contributed by atoms with E-state index >= 15 is 0 Å². The quantitative estimate of drug-likeness (QED) is 0.479. The molecular weight excluding hydrogens is 242 g/mol. The lowest BCUT2D eigenvalue weighted by atomic mass is 9.94. The number of nitro groups is 1. The van der Waals surface area contributed by atoms with Crippen molar-refractivity contribution in [1.29, 1.82) is 0 Å². The third-order valence-electron chi connectivity index (χ3n) is 3.10. The van der Waals surface area contributed by atoms with Crippen LogP contribution in [0, 0.1) is 24.0 Å². The Hall–Kier alpha value is -2.49. The second-order valence-corrected chi connectivity index (χ2v) is 4.35. The molecule has 0 aliphatic rings. The minimum Gasteiger partial charge on any atom is -0.289 e. The molecule has 0 spiro atoms. The fourth-order valence-electron chi connectivity index (χ4n) is 2.12. The summed E-state index contributed by atoms with van der Waals surface area (Å²) in [7, 11) is 0. The molecule has 0 amide bonds. The first-order valence-corrected chi connectivity index (χ1v) is 5.86. The van der Waals surface area contributed by atoms with Crippen molar-refractivity contribution in [3.05, 3.63) is 74.8 Å². The molecule has 0 unspecified atom stereocenters. The standard InChI is InChI=1S/C15H13NO3/c1-10-8-9-13(16(18)19)11(2)14(10)15(17)12-6-4-3-5-7-12/h3-9H,1-2H3. The van der Waals surface area contributed by atoms with Gasteiger partial charge < -0.3 is 0 Å². The largest absolute Gasteiger partial charge is 0.289 e. The third kappa shape index (κ3) is 2.38. The van der Waals surface area contributed by atoms with Crippen molar-refractivity contribution in [2.24, 2.45) is 0 Å². The minimum absolute atomic E-state index is 0.0233. The van der Waals surface area contributed by atoms with Gasteiger partial charge in [0.1, 0.15) is 0 Å². The number of aryl methyl sites for hydroxylation is 1. The van der Waals surface area contributed by atoms with Crippen LogP contribution in [-0.4, -0.2) is 10.7 Å². The van der Waals surface area contributed by atoms with Gasteiger partial charge >= 0.3 is 0 Å². The Labute approximate surface area is 110 Å². The SMILES string of the molecule is Cc1ccc([N+](=O)[O-])c(C)c1C(=O)c1ccccc1. The molecule has 0 saturated carbocycles. The van der Waals surface area contributed by atoms with Gasteiger partial charge in [0.15, 0.2) is 5.78 Å². The highest BCUT2D eigenvalue weighted by atomic mass is 16.6. The molecule has 4 nitrogen and oxygen atoms in total. The van der Waals surface area contributed by atoms with E-state index in [0.29, 0.717) is 16.7 Å². The Morgan fingerprint density at radius 2 is 1.68 bits per heavy atom. The molecule has 0 fully saturated rings. The van der Waals surface area contributed by atoms with E-state index in [1.807, 2.05) is 6.07 Å². The van der Waals surface area contributed by atoms with Crippen molar-refractivity contribution < 1.29 is 9.72 Å². The highest BCUT2D eigenvalue weighted by molar-refractivity contribution is 6.11. The minimum atomic E-state index is -0.462. The Balaban J connectivity index is 2.60. The lowest BCUT2D eigenvalue weighted by molar-refractivity contribution is -0.385. The normalized spacial score (nSPS) is 10.2. The lowest BCUT2D eigenvalue weighted by Gasteiger charge is -2.09. The number of rotatable bonds is 3. The van der Waals surface area contributed by atoms with Crippen molar-refractivity contribution >= 4 is 11.5 Å². The van der Waals surface area contributed by atoms with Crippen LogP contribution < -0.4 is 0 Å². The fourth-order valence-corrected chi connectivity index (χ4v) is 2.12. The van der Waals surface area contributed by atoms with Crippen LogP contribution >= 0.6 is 0 Å². The number of nitro benzene ring substituents is 1. The van der Waals surface area contributed by atoms with E-state index in [1.54, 1.807) is 44.2 Å². The first-order chi connectivity index (χ1) is 9.02.